The molecular weight excluding hydrogens is 623 g/mol. The summed E-state index contributed by atoms with van der Waals surface area (Å²) < 4.78 is 6.46. The van der Waals surface area contributed by atoms with Crippen molar-refractivity contribution in [1.29, 1.82) is 0 Å². The number of para-hydroxylation sites is 1. The van der Waals surface area contributed by atoms with Gasteiger partial charge in [0.2, 0.25) is 0 Å². The van der Waals surface area contributed by atoms with Crippen LogP contribution in [0.15, 0.2) is 185 Å². The molecule has 0 amide bonds. The maximum atomic E-state index is 6.46. The predicted octanol–water partition coefficient (Wildman–Crippen LogP) is 11.6. The minimum atomic E-state index is -0.319. The molecule has 8 aromatic carbocycles. The van der Waals surface area contributed by atoms with Gasteiger partial charge in [-0.15, -0.1) is 0 Å². The van der Waals surface area contributed by atoms with Gasteiger partial charge in [-0.25, -0.2) is 4.99 Å². The molecule has 2 N–H and O–H groups in total. The second-order valence-corrected chi connectivity index (χ2v) is 13.2. The average Bonchev–Trinajstić information content (AvgIpc) is 3.59. The molecule has 242 valence electrons. The number of amidine groups is 1. The molecule has 2 unspecified atom stereocenters. The average molecular weight is 656 g/mol. The van der Waals surface area contributed by atoms with Crippen LogP contribution in [-0.2, 0) is 0 Å². The van der Waals surface area contributed by atoms with Crippen LogP contribution >= 0.6 is 0 Å². The molecule has 0 spiro atoms. The molecule has 0 radical (unpaired) electrons. The van der Waals surface area contributed by atoms with Crippen molar-refractivity contribution >= 4 is 49.3 Å². The fraction of sp³-hybridized carbons (Fsp3) is 0.0426. The summed E-state index contributed by atoms with van der Waals surface area (Å²) in [5.41, 5.74) is 9.76. The maximum absolute atomic E-state index is 6.46. The third-order valence-corrected chi connectivity index (χ3v) is 10.2. The monoisotopic (exact) mass is 655 g/mol. The van der Waals surface area contributed by atoms with Crippen LogP contribution in [-0.4, -0.2) is 5.84 Å². The van der Waals surface area contributed by atoms with Crippen molar-refractivity contribution in [3.8, 4) is 22.3 Å². The molecule has 2 atom stereocenters. The predicted molar refractivity (Wildman–Crippen MR) is 211 cm³/mol. The standard InChI is InChI=1S/C47H33N3O/c1-3-12-30(13-4-1)33-22-23-35-29-36(25-24-34(35)28-33)45-48-46(39-20-11-17-31-16-7-8-18-37(31)39)50-47(49-45)44-38(32-14-5-2-6-15-32)26-27-42-43(44)40-19-9-10-21-41(40)51-42/h1-29,45,47,49H,(H,48,50). The molecule has 10 rings (SSSR count). The van der Waals surface area contributed by atoms with Crippen molar-refractivity contribution < 1.29 is 4.42 Å². The second-order valence-electron chi connectivity index (χ2n) is 13.2. The summed E-state index contributed by atoms with van der Waals surface area (Å²) in [5, 5.41) is 14.8. The van der Waals surface area contributed by atoms with Gasteiger partial charge in [0, 0.05) is 21.9 Å². The van der Waals surface area contributed by atoms with Gasteiger partial charge in [-0.2, -0.15) is 0 Å². The van der Waals surface area contributed by atoms with Crippen molar-refractivity contribution in [3.05, 3.63) is 193 Å². The van der Waals surface area contributed by atoms with Crippen molar-refractivity contribution in [2.24, 2.45) is 4.99 Å². The lowest BCUT2D eigenvalue weighted by Crippen LogP contribution is -2.45. The van der Waals surface area contributed by atoms with Crippen molar-refractivity contribution in [3.63, 3.8) is 0 Å². The van der Waals surface area contributed by atoms with Crippen molar-refractivity contribution in [1.82, 2.24) is 10.6 Å². The molecule has 2 heterocycles. The molecule has 0 saturated carbocycles. The summed E-state index contributed by atoms with van der Waals surface area (Å²) in [5.74, 6) is 0.851. The van der Waals surface area contributed by atoms with Gasteiger partial charge in [0.1, 0.15) is 29.3 Å². The van der Waals surface area contributed by atoms with Crippen LogP contribution in [0, 0.1) is 0 Å². The second kappa shape index (κ2) is 12.1. The molecule has 9 aromatic rings. The van der Waals surface area contributed by atoms with E-state index in [-0.39, 0.29) is 12.3 Å². The van der Waals surface area contributed by atoms with Crippen LogP contribution in [0.5, 0.6) is 0 Å². The summed E-state index contributed by atoms with van der Waals surface area (Å²) in [6, 6.07) is 62.2. The quantitative estimate of drug-likeness (QED) is 0.194. The van der Waals surface area contributed by atoms with Gasteiger partial charge in [0.25, 0.3) is 0 Å². The highest BCUT2D eigenvalue weighted by Gasteiger charge is 2.30. The van der Waals surface area contributed by atoms with Crippen LogP contribution in [0.3, 0.4) is 0 Å². The first-order valence-electron chi connectivity index (χ1n) is 17.4. The Morgan fingerprint density at radius 2 is 1.18 bits per heavy atom. The summed E-state index contributed by atoms with van der Waals surface area (Å²) in [6.07, 6.45) is -0.613. The number of aliphatic imine (C=N–C) groups is 1. The van der Waals surface area contributed by atoms with Crippen LogP contribution in [0.4, 0.5) is 0 Å². The van der Waals surface area contributed by atoms with Gasteiger partial charge in [-0.3, -0.25) is 5.32 Å². The Morgan fingerprint density at radius 3 is 2.04 bits per heavy atom. The lowest BCUT2D eigenvalue weighted by atomic mass is 9.92. The third kappa shape index (κ3) is 5.16. The SMILES string of the molecule is c1ccc(-c2ccc3cc(C4N=C(c5cccc6ccccc56)NC(c5c(-c6ccccc6)ccc6oc7ccccc7c56)N4)ccc3c2)cc1. The molecule has 0 saturated heterocycles. The zero-order valence-corrected chi connectivity index (χ0v) is 27.8. The minimum Gasteiger partial charge on any atom is -0.456 e. The van der Waals surface area contributed by atoms with Crippen LogP contribution in [0.2, 0.25) is 0 Å². The summed E-state index contributed by atoms with van der Waals surface area (Å²) in [4.78, 5) is 5.42. The molecule has 1 aromatic heterocycles. The Hall–Kier alpha value is -6.49. The Kier molecular flexibility index (Phi) is 7.00. The van der Waals surface area contributed by atoms with E-state index in [2.05, 4.69) is 174 Å². The smallest absolute Gasteiger partial charge is 0.135 e. The zero-order valence-electron chi connectivity index (χ0n) is 27.8. The van der Waals surface area contributed by atoms with Crippen molar-refractivity contribution in [2.45, 2.75) is 12.3 Å². The fourth-order valence-corrected chi connectivity index (χ4v) is 7.70. The number of benzene rings is 8. The first-order valence-corrected chi connectivity index (χ1v) is 17.4. The topological polar surface area (TPSA) is 49.6 Å². The number of nitrogens with zero attached hydrogens (tertiary/aromatic N) is 1. The minimum absolute atomic E-state index is 0.294. The van der Waals surface area contributed by atoms with Crippen LogP contribution in [0.1, 0.15) is 29.0 Å². The van der Waals surface area contributed by atoms with E-state index < -0.39 is 0 Å². The molecule has 4 nitrogen and oxygen atoms in total. The number of hydrogen-bond donors (Lipinski definition) is 2. The van der Waals surface area contributed by atoms with Gasteiger partial charge < -0.3 is 9.73 Å². The van der Waals surface area contributed by atoms with Gasteiger partial charge in [0.05, 0.1) is 0 Å². The lowest BCUT2D eigenvalue weighted by molar-refractivity contribution is 0.412. The number of fused-ring (bicyclic) bond motifs is 5. The fourth-order valence-electron chi connectivity index (χ4n) is 7.70. The molecular formula is C47H33N3O. The first kappa shape index (κ1) is 29.4. The number of hydrogen-bond acceptors (Lipinski definition) is 4. The molecule has 0 bridgehead atoms. The van der Waals surface area contributed by atoms with Gasteiger partial charge >= 0.3 is 0 Å². The van der Waals surface area contributed by atoms with Crippen LogP contribution < -0.4 is 10.6 Å². The molecule has 0 aliphatic carbocycles. The van der Waals surface area contributed by atoms with Gasteiger partial charge in [-0.1, -0.05) is 152 Å². The molecule has 0 fully saturated rings. The summed E-state index contributed by atoms with van der Waals surface area (Å²) in [7, 11) is 0. The van der Waals surface area contributed by atoms with E-state index in [1.54, 1.807) is 0 Å². The highest BCUT2D eigenvalue weighted by Crippen LogP contribution is 2.41. The largest absolute Gasteiger partial charge is 0.456 e. The summed E-state index contributed by atoms with van der Waals surface area (Å²) in [6.45, 7) is 0. The van der Waals surface area contributed by atoms with E-state index in [1.807, 2.05) is 12.1 Å². The lowest BCUT2D eigenvalue weighted by Gasteiger charge is -2.34. The normalized spacial score (nSPS) is 16.0. The van der Waals surface area contributed by atoms with E-state index >= 15 is 0 Å². The third-order valence-electron chi connectivity index (χ3n) is 10.2. The van der Waals surface area contributed by atoms with E-state index in [1.165, 1.54) is 27.3 Å². The summed E-state index contributed by atoms with van der Waals surface area (Å²) >= 11 is 0. The Morgan fingerprint density at radius 1 is 0.471 bits per heavy atom. The highest BCUT2D eigenvalue weighted by atomic mass is 16.3. The molecule has 1 aliphatic heterocycles. The van der Waals surface area contributed by atoms with Gasteiger partial charge in [-0.05, 0) is 73.6 Å². The van der Waals surface area contributed by atoms with Gasteiger partial charge in [0.15, 0.2) is 0 Å². The Bertz CT molecular complexity index is 2760. The highest BCUT2D eigenvalue weighted by molar-refractivity contribution is 6.12. The van der Waals surface area contributed by atoms with E-state index in [0.717, 1.165) is 61.0 Å². The van der Waals surface area contributed by atoms with E-state index in [0.29, 0.717) is 0 Å². The first-order chi connectivity index (χ1) is 25.3. The van der Waals surface area contributed by atoms with Crippen LogP contribution in [0.25, 0.3) is 65.7 Å². The molecule has 51 heavy (non-hydrogen) atoms. The number of nitrogens with one attached hydrogen (secondary N) is 2. The Labute approximate surface area is 295 Å². The molecule has 4 heteroatoms. The van der Waals surface area contributed by atoms with E-state index in [4.69, 9.17) is 9.41 Å². The number of rotatable bonds is 5. The van der Waals surface area contributed by atoms with E-state index in [9.17, 15) is 0 Å². The maximum Gasteiger partial charge on any atom is 0.135 e. The number of furan rings is 1. The molecule has 1 aliphatic rings. The van der Waals surface area contributed by atoms with Crippen molar-refractivity contribution in [2.75, 3.05) is 0 Å². The Balaban J connectivity index is 1.17. The zero-order chi connectivity index (χ0) is 33.7.